The zero-order chi connectivity index (χ0) is 15.8. The summed E-state index contributed by atoms with van der Waals surface area (Å²) in [5.74, 6) is -0.260. The number of hydrogen-bond donors (Lipinski definition) is 3. The summed E-state index contributed by atoms with van der Waals surface area (Å²) < 4.78 is 5.48. The van der Waals surface area contributed by atoms with Crippen molar-refractivity contribution < 1.29 is 9.53 Å². The molecule has 0 aliphatic carbocycles. The summed E-state index contributed by atoms with van der Waals surface area (Å²) in [4.78, 5) is 11.7. The van der Waals surface area contributed by atoms with E-state index in [1.165, 1.54) is 6.08 Å². The van der Waals surface area contributed by atoms with Gasteiger partial charge in [0.15, 0.2) is 5.11 Å². The first kappa shape index (κ1) is 16.5. The number of amides is 1. The van der Waals surface area contributed by atoms with Gasteiger partial charge in [-0.1, -0.05) is 24.3 Å². The molecule has 1 unspecified atom stereocenters. The molecule has 1 saturated heterocycles. The molecule has 2 rings (SSSR count). The van der Waals surface area contributed by atoms with Gasteiger partial charge in [0.05, 0.1) is 6.10 Å². The summed E-state index contributed by atoms with van der Waals surface area (Å²) in [5, 5.41) is 3.40. The molecule has 118 valence electrons. The second-order valence-electron chi connectivity index (χ2n) is 5.15. The molecule has 5 nitrogen and oxygen atoms in total. The molecular formula is C16H21N3O2S. The Kier molecular flexibility index (Phi) is 6.36. The molecule has 1 aliphatic rings. The van der Waals surface area contributed by atoms with E-state index >= 15 is 0 Å². The molecule has 1 aromatic rings. The van der Waals surface area contributed by atoms with E-state index in [1.807, 2.05) is 31.2 Å². The van der Waals surface area contributed by atoms with Crippen LogP contribution < -0.4 is 16.2 Å². The smallest absolute Gasteiger partial charge is 0.262 e. The van der Waals surface area contributed by atoms with Gasteiger partial charge in [-0.25, -0.2) is 0 Å². The maximum Gasteiger partial charge on any atom is 0.262 e. The highest BCUT2D eigenvalue weighted by atomic mass is 32.1. The van der Waals surface area contributed by atoms with Crippen LogP contribution in [0.2, 0.25) is 0 Å². The lowest BCUT2D eigenvalue weighted by atomic mass is 10.1. The maximum atomic E-state index is 11.7. The summed E-state index contributed by atoms with van der Waals surface area (Å²) in [6.45, 7) is 3.47. The van der Waals surface area contributed by atoms with Crippen LogP contribution in [0.4, 0.5) is 0 Å². The van der Waals surface area contributed by atoms with E-state index in [0.717, 1.165) is 30.6 Å². The molecule has 1 aromatic carbocycles. The van der Waals surface area contributed by atoms with Gasteiger partial charge in [0, 0.05) is 19.2 Å². The fourth-order valence-corrected chi connectivity index (χ4v) is 2.29. The number of hydrazine groups is 1. The van der Waals surface area contributed by atoms with Gasteiger partial charge in [-0.15, -0.1) is 0 Å². The third-order valence-electron chi connectivity index (χ3n) is 3.42. The van der Waals surface area contributed by atoms with Gasteiger partial charge in [-0.05, 0) is 49.2 Å². The number of thiocarbonyl (C=S) groups is 1. The Bertz CT molecular complexity index is 554. The minimum atomic E-state index is -0.260. The molecule has 0 radical (unpaired) electrons. The van der Waals surface area contributed by atoms with Crippen LogP contribution in [0, 0.1) is 6.92 Å². The van der Waals surface area contributed by atoms with Crippen molar-refractivity contribution in [2.24, 2.45) is 0 Å². The minimum absolute atomic E-state index is 0.205. The van der Waals surface area contributed by atoms with Gasteiger partial charge in [-0.2, -0.15) is 0 Å². The van der Waals surface area contributed by atoms with E-state index in [4.69, 9.17) is 17.0 Å². The average molecular weight is 319 g/mol. The van der Waals surface area contributed by atoms with Crippen LogP contribution in [-0.2, 0) is 9.53 Å². The first-order valence-electron chi connectivity index (χ1n) is 7.34. The van der Waals surface area contributed by atoms with Crippen LogP contribution in [-0.4, -0.2) is 30.3 Å². The summed E-state index contributed by atoms with van der Waals surface area (Å²) in [6.07, 6.45) is 5.58. The Hall–Kier alpha value is -1.92. The Morgan fingerprint density at radius 1 is 1.41 bits per heavy atom. The van der Waals surface area contributed by atoms with E-state index in [2.05, 4.69) is 16.2 Å². The Balaban J connectivity index is 1.68. The van der Waals surface area contributed by atoms with Crippen LogP contribution in [0.15, 0.2) is 30.3 Å². The number of benzene rings is 1. The lowest BCUT2D eigenvalue weighted by Crippen LogP contribution is -2.47. The first-order chi connectivity index (χ1) is 10.6. The largest absolute Gasteiger partial charge is 0.376 e. The number of aryl methyl sites for hydroxylation is 1. The molecule has 1 fully saturated rings. The summed E-state index contributed by atoms with van der Waals surface area (Å²) in [5.41, 5.74) is 7.33. The lowest BCUT2D eigenvalue weighted by Gasteiger charge is -2.13. The maximum absolute atomic E-state index is 11.7. The van der Waals surface area contributed by atoms with Gasteiger partial charge in [0.1, 0.15) is 0 Å². The Labute approximate surface area is 136 Å². The molecule has 0 aromatic heterocycles. The highest BCUT2D eigenvalue weighted by Gasteiger charge is 2.15. The SMILES string of the molecule is Cc1ccccc1/C=C/C(=O)NNC(=S)NCC1CCCO1. The number of carbonyl (C=O) groups is 1. The molecule has 3 N–H and O–H groups in total. The van der Waals surface area contributed by atoms with Crippen LogP contribution in [0.25, 0.3) is 6.08 Å². The van der Waals surface area contributed by atoms with Crippen molar-refractivity contribution in [3.63, 3.8) is 0 Å². The second-order valence-corrected chi connectivity index (χ2v) is 5.56. The van der Waals surface area contributed by atoms with Gasteiger partial charge in [0.2, 0.25) is 0 Å². The Morgan fingerprint density at radius 2 is 2.23 bits per heavy atom. The van der Waals surface area contributed by atoms with Crippen molar-refractivity contribution in [1.82, 2.24) is 16.2 Å². The van der Waals surface area contributed by atoms with E-state index in [1.54, 1.807) is 6.08 Å². The molecule has 22 heavy (non-hydrogen) atoms. The monoisotopic (exact) mass is 319 g/mol. The van der Waals surface area contributed by atoms with Crippen molar-refractivity contribution >= 4 is 29.3 Å². The van der Waals surface area contributed by atoms with E-state index in [-0.39, 0.29) is 12.0 Å². The third-order valence-corrected chi connectivity index (χ3v) is 3.66. The molecular weight excluding hydrogens is 298 g/mol. The van der Waals surface area contributed by atoms with E-state index < -0.39 is 0 Å². The molecule has 1 aliphatic heterocycles. The van der Waals surface area contributed by atoms with Crippen molar-refractivity contribution in [3.8, 4) is 0 Å². The first-order valence-corrected chi connectivity index (χ1v) is 7.75. The number of ether oxygens (including phenoxy) is 1. The molecule has 1 amide bonds. The normalized spacial score (nSPS) is 17.4. The number of hydrogen-bond acceptors (Lipinski definition) is 3. The van der Waals surface area contributed by atoms with E-state index in [9.17, 15) is 4.79 Å². The van der Waals surface area contributed by atoms with Crippen LogP contribution in [0.1, 0.15) is 24.0 Å². The summed E-state index contributed by atoms with van der Waals surface area (Å²) in [6, 6.07) is 7.86. The number of carbonyl (C=O) groups excluding carboxylic acids is 1. The minimum Gasteiger partial charge on any atom is -0.376 e. The van der Waals surface area contributed by atoms with E-state index in [0.29, 0.717) is 11.7 Å². The summed E-state index contributed by atoms with van der Waals surface area (Å²) in [7, 11) is 0. The van der Waals surface area contributed by atoms with Crippen molar-refractivity contribution in [1.29, 1.82) is 0 Å². The van der Waals surface area contributed by atoms with Gasteiger partial charge in [0.25, 0.3) is 5.91 Å². The zero-order valence-corrected chi connectivity index (χ0v) is 13.4. The highest BCUT2D eigenvalue weighted by molar-refractivity contribution is 7.80. The van der Waals surface area contributed by atoms with Gasteiger partial charge >= 0.3 is 0 Å². The standard InChI is InChI=1S/C16H21N3O2S/c1-12-5-2-3-6-13(12)8-9-15(20)18-19-16(22)17-11-14-7-4-10-21-14/h2-3,5-6,8-9,14H,4,7,10-11H2,1H3,(H,18,20)(H2,17,19,22)/b9-8+. The number of nitrogens with one attached hydrogen (secondary N) is 3. The molecule has 1 atom stereocenters. The second kappa shape index (κ2) is 8.51. The molecule has 0 saturated carbocycles. The predicted octanol–water partition coefficient (Wildman–Crippen LogP) is 1.68. The molecule has 0 spiro atoms. The fraction of sp³-hybridized carbons (Fsp3) is 0.375. The zero-order valence-electron chi connectivity index (χ0n) is 12.6. The van der Waals surface area contributed by atoms with Gasteiger partial charge < -0.3 is 10.1 Å². The lowest BCUT2D eigenvalue weighted by molar-refractivity contribution is -0.116. The van der Waals surface area contributed by atoms with Crippen molar-refractivity contribution in [3.05, 3.63) is 41.5 Å². The molecule has 1 heterocycles. The van der Waals surface area contributed by atoms with Crippen LogP contribution >= 0.6 is 12.2 Å². The van der Waals surface area contributed by atoms with Gasteiger partial charge in [-0.3, -0.25) is 15.6 Å². The predicted molar refractivity (Wildman–Crippen MR) is 91.1 cm³/mol. The van der Waals surface area contributed by atoms with Crippen molar-refractivity contribution in [2.75, 3.05) is 13.2 Å². The third kappa shape index (κ3) is 5.46. The van der Waals surface area contributed by atoms with Crippen molar-refractivity contribution in [2.45, 2.75) is 25.9 Å². The summed E-state index contributed by atoms with van der Waals surface area (Å²) >= 11 is 5.09. The molecule has 6 heteroatoms. The quantitative estimate of drug-likeness (QED) is 0.448. The van der Waals surface area contributed by atoms with Crippen LogP contribution in [0.5, 0.6) is 0 Å². The fourth-order valence-electron chi connectivity index (χ4n) is 2.16. The average Bonchev–Trinajstić information content (AvgIpc) is 3.03. The topological polar surface area (TPSA) is 62.4 Å². The van der Waals surface area contributed by atoms with Crippen LogP contribution in [0.3, 0.4) is 0 Å². The number of rotatable bonds is 4. The highest BCUT2D eigenvalue weighted by Crippen LogP contribution is 2.10. The molecule has 0 bridgehead atoms. The Morgan fingerprint density at radius 3 is 2.95 bits per heavy atom.